The van der Waals surface area contributed by atoms with E-state index in [0.717, 1.165) is 13.1 Å². The summed E-state index contributed by atoms with van der Waals surface area (Å²) in [5.41, 5.74) is 7.26. The fraction of sp³-hybridized carbons (Fsp3) is 0.556. The van der Waals surface area contributed by atoms with Gasteiger partial charge in [0.05, 0.1) is 11.4 Å². The van der Waals surface area contributed by atoms with Crippen molar-refractivity contribution in [3.05, 3.63) is 53.6 Å². The third-order valence-electron chi connectivity index (χ3n) is 6.34. The van der Waals surface area contributed by atoms with E-state index in [2.05, 4.69) is 132 Å². The molecule has 1 heterocycles. The number of nitrogens with one attached hydrogen (secondary N) is 1. The molecule has 3 nitrogen and oxygen atoms in total. The SMILES string of the molecule is Cc1cccc(C)c1N[Si]1([Si](C)(C)C)N(CC(C)(C)C)c2ccccc2N1CC(C)(C)C. The van der Waals surface area contributed by atoms with Gasteiger partial charge in [-0.15, -0.1) is 0 Å². The van der Waals surface area contributed by atoms with Crippen LogP contribution in [-0.4, -0.2) is 28.8 Å². The van der Waals surface area contributed by atoms with Crippen molar-refractivity contribution >= 4 is 32.7 Å². The summed E-state index contributed by atoms with van der Waals surface area (Å²) in [5.74, 6) is 0. The molecule has 0 unspecified atom stereocenters. The first-order valence-corrected chi connectivity index (χ1v) is 18.4. The van der Waals surface area contributed by atoms with Crippen LogP contribution in [0.15, 0.2) is 42.5 Å². The summed E-state index contributed by atoms with van der Waals surface area (Å²) in [6, 6.07) is 15.9. The minimum Gasteiger partial charge on any atom is -0.380 e. The fourth-order valence-corrected chi connectivity index (χ4v) is 18.4. The summed E-state index contributed by atoms with van der Waals surface area (Å²) >= 11 is 0. The molecular formula is C27H45N3Si2. The highest BCUT2D eigenvalue weighted by atomic mass is 29.3. The molecule has 1 N–H and O–H groups in total. The maximum atomic E-state index is 4.38. The number of anilines is 3. The fourth-order valence-electron chi connectivity index (χ4n) is 5.08. The Morgan fingerprint density at radius 1 is 0.719 bits per heavy atom. The van der Waals surface area contributed by atoms with E-state index in [9.17, 15) is 0 Å². The van der Waals surface area contributed by atoms with E-state index in [1.807, 2.05) is 0 Å². The summed E-state index contributed by atoms with van der Waals surface area (Å²) in [6.07, 6.45) is 0. The lowest BCUT2D eigenvalue weighted by molar-refractivity contribution is 0.423. The summed E-state index contributed by atoms with van der Waals surface area (Å²) in [7, 11) is -4.11. The Labute approximate surface area is 199 Å². The molecule has 0 atom stereocenters. The molecule has 32 heavy (non-hydrogen) atoms. The normalized spacial score (nSPS) is 16.3. The van der Waals surface area contributed by atoms with E-state index in [-0.39, 0.29) is 10.8 Å². The van der Waals surface area contributed by atoms with Crippen LogP contribution in [0.1, 0.15) is 52.7 Å². The number of rotatable bonds is 5. The number of para-hydroxylation sites is 3. The Morgan fingerprint density at radius 2 is 1.12 bits per heavy atom. The molecule has 1 aliphatic rings. The highest BCUT2D eigenvalue weighted by Crippen LogP contribution is 2.49. The quantitative estimate of drug-likeness (QED) is 0.459. The Bertz CT molecular complexity index is 901. The lowest BCUT2D eigenvalue weighted by Gasteiger charge is -2.53. The van der Waals surface area contributed by atoms with Gasteiger partial charge >= 0.3 is 8.08 Å². The largest absolute Gasteiger partial charge is 0.380 e. The Morgan fingerprint density at radius 3 is 1.47 bits per heavy atom. The molecule has 0 fully saturated rings. The van der Waals surface area contributed by atoms with E-state index in [1.54, 1.807) is 0 Å². The Balaban J connectivity index is 2.34. The average molecular weight is 468 g/mol. The van der Waals surface area contributed by atoms with Crippen LogP contribution in [0, 0.1) is 24.7 Å². The van der Waals surface area contributed by atoms with Crippen LogP contribution in [0.3, 0.4) is 0 Å². The Kier molecular flexibility index (Phi) is 6.42. The highest BCUT2D eigenvalue weighted by Gasteiger charge is 2.63. The van der Waals surface area contributed by atoms with Crippen LogP contribution in [0.5, 0.6) is 0 Å². The van der Waals surface area contributed by atoms with E-state index in [0.29, 0.717) is 0 Å². The van der Waals surface area contributed by atoms with Gasteiger partial charge in [-0.1, -0.05) is 91.5 Å². The molecule has 1 aliphatic heterocycles. The number of nitrogens with zero attached hydrogens (tertiary/aromatic N) is 2. The van der Waals surface area contributed by atoms with E-state index >= 15 is 0 Å². The van der Waals surface area contributed by atoms with Crippen molar-refractivity contribution in [3.63, 3.8) is 0 Å². The van der Waals surface area contributed by atoms with Crippen molar-refractivity contribution in [2.45, 2.75) is 75.0 Å². The lowest BCUT2D eigenvalue weighted by atomic mass is 9.96. The van der Waals surface area contributed by atoms with Gasteiger partial charge in [0.2, 0.25) is 0 Å². The predicted octanol–water partition coefficient (Wildman–Crippen LogP) is 7.49. The van der Waals surface area contributed by atoms with Gasteiger partial charge in [0.25, 0.3) is 0 Å². The molecule has 176 valence electrons. The van der Waals surface area contributed by atoms with Crippen molar-refractivity contribution in [1.29, 1.82) is 0 Å². The van der Waals surface area contributed by atoms with Crippen LogP contribution in [-0.2, 0) is 0 Å². The van der Waals surface area contributed by atoms with Crippen molar-refractivity contribution in [2.75, 3.05) is 27.2 Å². The van der Waals surface area contributed by atoms with E-state index < -0.39 is 15.7 Å². The Hall–Kier alpha value is -1.73. The van der Waals surface area contributed by atoms with Crippen molar-refractivity contribution in [3.8, 4) is 0 Å². The summed E-state index contributed by atoms with van der Waals surface area (Å²) in [5, 5.41) is 0. The van der Waals surface area contributed by atoms with Gasteiger partial charge in [-0.3, -0.25) is 0 Å². The number of aryl methyl sites for hydroxylation is 2. The lowest BCUT2D eigenvalue weighted by Crippen LogP contribution is -2.82. The molecule has 0 bridgehead atoms. The number of hydrogen-bond donors (Lipinski definition) is 1. The van der Waals surface area contributed by atoms with Gasteiger partial charge in [-0.2, -0.15) is 0 Å². The minimum absolute atomic E-state index is 0.200. The third-order valence-corrected chi connectivity index (χ3v) is 19.7. The standard InChI is InChI=1S/C27H45N3Si2/c1-21-15-14-16-22(2)25(21)28-32(31(9,10)11)29(19-26(3,4)5)23-17-12-13-18-24(23)30(32)20-27(6,7)8/h12-18,28H,19-20H2,1-11H3. The maximum Gasteiger partial charge on any atom is 0.352 e. The number of fused-ring (bicyclic) bond motifs is 1. The van der Waals surface area contributed by atoms with E-state index in [4.69, 9.17) is 0 Å². The first-order chi connectivity index (χ1) is 14.6. The molecule has 2 aromatic rings. The summed E-state index contributed by atoms with van der Waals surface area (Å²) in [6.45, 7) is 28.6. The van der Waals surface area contributed by atoms with E-state index in [1.165, 1.54) is 28.2 Å². The first kappa shape index (κ1) is 24.9. The molecule has 0 radical (unpaired) electrons. The molecule has 2 aromatic carbocycles. The minimum atomic E-state index is -2.37. The second-order valence-corrected chi connectivity index (χ2v) is 26.9. The van der Waals surface area contributed by atoms with Gasteiger partial charge in [-0.25, -0.2) is 0 Å². The van der Waals surface area contributed by atoms with Gasteiger partial charge in [0, 0.05) is 18.8 Å². The molecule has 0 aromatic heterocycles. The van der Waals surface area contributed by atoms with Gasteiger partial charge < -0.3 is 14.1 Å². The van der Waals surface area contributed by atoms with Crippen LogP contribution < -0.4 is 14.1 Å². The topological polar surface area (TPSA) is 18.5 Å². The second kappa shape index (κ2) is 8.25. The summed E-state index contributed by atoms with van der Waals surface area (Å²) < 4.78 is 5.71. The molecule has 5 heteroatoms. The predicted molar refractivity (Wildman–Crippen MR) is 149 cm³/mol. The molecule has 0 amide bonds. The van der Waals surface area contributed by atoms with Gasteiger partial charge in [0.1, 0.15) is 7.59 Å². The van der Waals surface area contributed by atoms with Gasteiger partial charge in [0.15, 0.2) is 0 Å². The molecule has 0 spiro atoms. The zero-order valence-electron chi connectivity index (χ0n) is 22.4. The van der Waals surface area contributed by atoms with Crippen molar-refractivity contribution < 1.29 is 0 Å². The molecule has 0 saturated heterocycles. The van der Waals surface area contributed by atoms with Crippen LogP contribution in [0.2, 0.25) is 19.6 Å². The maximum absolute atomic E-state index is 4.38. The van der Waals surface area contributed by atoms with Crippen molar-refractivity contribution in [2.24, 2.45) is 10.8 Å². The molecule has 0 saturated carbocycles. The zero-order chi connectivity index (χ0) is 24.1. The smallest absolute Gasteiger partial charge is 0.352 e. The highest BCUT2D eigenvalue weighted by molar-refractivity contribution is 7.45. The summed E-state index contributed by atoms with van der Waals surface area (Å²) in [4.78, 5) is 4.38. The monoisotopic (exact) mass is 467 g/mol. The first-order valence-electron chi connectivity index (χ1n) is 12.1. The second-order valence-electron chi connectivity index (χ2n) is 13.1. The molecular weight excluding hydrogens is 422 g/mol. The number of hydrogen-bond acceptors (Lipinski definition) is 3. The third kappa shape index (κ3) is 4.65. The molecule has 3 rings (SSSR count). The van der Waals surface area contributed by atoms with Crippen LogP contribution in [0.25, 0.3) is 0 Å². The number of benzene rings is 2. The van der Waals surface area contributed by atoms with Crippen LogP contribution >= 0.6 is 0 Å². The zero-order valence-corrected chi connectivity index (χ0v) is 24.4. The van der Waals surface area contributed by atoms with Gasteiger partial charge in [-0.05, 0) is 47.9 Å². The van der Waals surface area contributed by atoms with Crippen molar-refractivity contribution in [1.82, 2.24) is 0 Å². The molecule has 0 aliphatic carbocycles. The average Bonchev–Trinajstić information content (AvgIpc) is 2.86. The van der Waals surface area contributed by atoms with Crippen LogP contribution in [0.4, 0.5) is 17.1 Å².